The number of carbonyl (C=O) groups is 1. The maximum Gasteiger partial charge on any atom is 0.341 e. The molecule has 2 rings (SSSR count). The van der Waals surface area contributed by atoms with Crippen LogP contribution in [0.15, 0.2) is 4.52 Å². The lowest BCUT2D eigenvalue weighted by molar-refractivity contribution is 0.0693. The number of carboxylic acids is 1. The third-order valence-electron chi connectivity index (χ3n) is 3.34. The largest absolute Gasteiger partial charge is 0.477 e. The normalized spacial score (nSPS) is 18.3. The van der Waals surface area contributed by atoms with E-state index in [2.05, 4.69) is 5.16 Å². The van der Waals surface area contributed by atoms with Crippen LogP contribution in [0.4, 0.5) is 0 Å². The van der Waals surface area contributed by atoms with Gasteiger partial charge >= 0.3 is 5.97 Å². The number of carboxylic acid groups (broad SMARTS) is 1. The monoisotopic (exact) mass is 223 g/mol. The van der Waals surface area contributed by atoms with Gasteiger partial charge in [0.05, 0.1) is 0 Å². The number of hydrogen-bond donors (Lipinski definition) is 1. The first-order valence-corrected chi connectivity index (χ1v) is 5.89. The molecule has 1 N–H and O–H groups in total. The summed E-state index contributed by atoms with van der Waals surface area (Å²) in [6.07, 6.45) is 6.88. The first kappa shape index (κ1) is 11.2. The zero-order valence-electron chi connectivity index (χ0n) is 9.53. The summed E-state index contributed by atoms with van der Waals surface area (Å²) in [5.74, 6) is -0.226. The molecule has 1 heterocycles. The van der Waals surface area contributed by atoms with Gasteiger partial charge in [0.1, 0.15) is 17.0 Å². The average Bonchev–Trinajstić information content (AvgIpc) is 2.50. The van der Waals surface area contributed by atoms with E-state index in [0.717, 1.165) is 25.7 Å². The summed E-state index contributed by atoms with van der Waals surface area (Å²) in [5, 5.41) is 13.1. The maximum atomic E-state index is 11.1. The van der Waals surface area contributed by atoms with Gasteiger partial charge in [-0.25, -0.2) is 4.79 Å². The van der Waals surface area contributed by atoms with E-state index in [-0.39, 0.29) is 11.5 Å². The van der Waals surface area contributed by atoms with Crippen molar-refractivity contribution in [3.05, 3.63) is 17.0 Å². The Kier molecular flexibility index (Phi) is 3.27. The lowest BCUT2D eigenvalue weighted by Gasteiger charge is -2.10. The summed E-state index contributed by atoms with van der Waals surface area (Å²) in [6, 6.07) is 0. The summed E-state index contributed by atoms with van der Waals surface area (Å²) >= 11 is 0. The highest BCUT2D eigenvalue weighted by Crippen LogP contribution is 2.33. The predicted octanol–water partition coefficient (Wildman–Crippen LogP) is 3.12. The lowest BCUT2D eigenvalue weighted by Crippen LogP contribution is -2.07. The van der Waals surface area contributed by atoms with E-state index in [1.54, 1.807) is 6.92 Å². The van der Waals surface area contributed by atoms with Gasteiger partial charge in [-0.2, -0.15) is 0 Å². The highest BCUT2D eigenvalue weighted by Gasteiger charge is 2.26. The van der Waals surface area contributed by atoms with Gasteiger partial charge in [-0.05, 0) is 19.8 Å². The van der Waals surface area contributed by atoms with Crippen molar-refractivity contribution in [1.82, 2.24) is 5.16 Å². The molecule has 1 saturated carbocycles. The third kappa shape index (κ3) is 2.10. The van der Waals surface area contributed by atoms with Crippen molar-refractivity contribution in [2.75, 3.05) is 0 Å². The van der Waals surface area contributed by atoms with Crippen LogP contribution in [0.3, 0.4) is 0 Å². The number of aryl methyl sites for hydroxylation is 1. The second-order valence-corrected chi connectivity index (χ2v) is 4.49. The van der Waals surface area contributed by atoms with Gasteiger partial charge in [0, 0.05) is 5.92 Å². The Labute approximate surface area is 94.6 Å². The molecular formula is C12H17NO3. The Hall–Kier alpha value is -1.32. The molecule has 4 heteroatoms. The van der Waals surface area contributed by atoms with Crippen molar-refractivity contribution >= 4 is 5.97 Å². The van der Waals surface area contributed by atoms with E-state index in [4.69, 9.17) is 9.63 Å². The lowest BCUT2D eigenvalue weighted by atomic mass is 9.93. The molecular weight excluding hydrogens is 206 g/mol. The zero-order valence-corrected chi connectivity index (χ0v) is 9.53. The Balaban J connectivity index is 2.27. The average molecular weight is 223 g/mol. The number of aromatic carboxylic acids is 1. The molecule has 0 amide bonds. The van der Waals surface area contributed by atoms with Crippen LogP contribution in [0.25, 0.3) is 0 Å². The highest BCUT2D eigenvalue weighted by atomic mass is 16.5. The molecule has 0 spiro atoms. The van der Waals surface area contributed by atoms with E-state index < -0.39 is 5.97 Å². The van der Waals surface area contributed by atoms with E-state index in [1.165, 1.54) is 12.8 Å². The van der Waals surface area contributed by atoms with Crippen LogP contribution in [-0.4, -0.2) is 16.2 Å². The van der Waals surface area contributed by atoms with E-state index in [1.807, 2.05) is 0 Å². The SMILES string of the molecule is Cc1onc(C2CCCCCC2)c1C(=O)O. The Morgan fingerprint density at radius 1 is 1.31 bits per heavy atom. The highest BCUT2D eigenvalue weighted by molar-refractivity contribution is 5.90. The van der Waals surface area contributed by atoms with E-state index >= 15 is 0 Å². The van der Waals surface area contributed by atoms with E-state index in [0.29, 0.717) is 11.5 Å². The minimum absolute atomic E-state index is 0.269. The summed E-state index contributed by atoms with van der Waals surface area (Å²) < 4.78 is 5.02. The molecule has 0 bridgehead atoms. The van der Waals surface area contributed by atoms with Crippen LogP contribution in [0.1, 0.15) is 66.3 Å². The molecule has 1 aliphatic carbocycles. The summed E-state index contributed by atoms with van der Waals surface area (Å²) in [4.78, 5) is 11.1. The zero-order chi connectivity index (χ0) is 11.5. The summed E-state index contributed by atoms with van der Waals surface area (Å²) in [5.41, 5.74) is 0.943. The molecule has 4 nitrogen and oxygen atoms in total. The molecule has 0 unspecified atom stereocenters. The summed E-state index contributed by atoms with van der Waals surface area (Å²) in [7, 11) is 0. The predicted molar refractivity (Wildman–Crippen MR) is 58.6 cm³/mol. The molecule has 1 aromatic heterocycles. The van der Waals surface area contributed by atoms with Crippen molar-refractivity contribution in [3.8, 4) is 0 Å². The van der Waals surface area contributed by atoms with Crippen molar-refractivity contribution < 1.29 is 14.4 Å². The Morgan fingerprint density at radius 2 is 1.94 bits per heavy atom. The van der Waals surface area contributed by atoms with Crippen LogP contribution >= 0.6 is 0 Å². The van der Waals surface area contributed by atoms with Crippen LogP contribution in [-0.2, 0) is 0 Å². The van der Waals surface area contributed by atoms with Gasteiger partial charge in [0.25, 0.3) is 0 Å². The van der Waals surface area contributed by atoms with Crippen LogP contribution in [0.5, 0.6) is 0 Å². The van der Waals surface area contributed by atoms with Crippen molar-refractivity contribution in [3.63, 3.8) is 0 Å². The molecule has 88 valence electrons. The van der Waals surface area contributed by atoms with Crippen molar-refractivity contribution in [1.29, 1.82) is 0 Å². The molecule has 0 aromatic carbocycles. The first-order chi connectivity index (χ1) is 7.70. The minimum atomic E-state index is -0.919. The van der Waals surface area contributed by atoms with Crippen molar-refractivity contribution in [2.45, 2.75) is 51.4 Å². The topological polar surface area (TPSA) is 63.3 Å². The number of rotatable bonds is 2. The van der Waals surface area contributed by atoms with Gasteiger partial charge in [-0.1, -0.05) is 30.8 Å². The van der Waals surface area contributed by atoms with Gasteiger partial charge in [0.2, 0.25) is 0 Å². The Morgan fingerprint density at radius 3 is 2.50 bits per heavy atom. The van der Waals surface area contributed by atoms with E-state index in [9.17, 15) is 4.79 Å². The van der Waals surface area contributed by atoms with Crippen LogP contribution < -0.4 is 0 Å². The molecule has 1 aromatic rings. The van der Waals surface area contributed by atoms with Gasteiger partial charge in [-0.15, -0.1) is 0 Å². The standard InChI is InChI=1S/C12H17NO3/c1-8-10(12(14)15)11(13-16-8)9-6-4-2-3-5-7-9/h9H,2-7H2,1H3,(H,14,15). The maximum absolute atomic E-state index is 11.1. The number of nitrogens with zero attached hydrogens (tertiary/aromatic N) is 1. The van der Waals surface area contributed by atoms with Crippen LogP contribution in [0, 0.1) is 6.92 Å². The quantitative estimate of drug-likeness (QED) is 0.782. The summed E-state index contributed by atoms with van der Waals surface area (Å²) in [6.45, 7) is 1.66. The van der Waals surface area contributed by atoms with Gasteiger partial charge in [0.15, 0.2) is 0 Å². The molecule has 0 aliphatic heterocycles. The minimum Gasteiger partial charge on any atom is -0.477 e. The first-order valence-electron chi connectivity index (χ1n) is 5.89. The molecule has 0 saturated heterocycles. The molecule has 0 atom stereocenters. The van der Waals surface area contributed by atoms with Crippen LogP contribution in [0.2, 0.25) is 0 Å². The van der Waals surface area contributed by atoms with Crippen molar-refractivity contribution in [2.24, 2.45) is 0 Å². The number of aromatic nitrogens is 1. The number of hydrogen-bond acceptors (Lipinski definition) is 3. The Bertz CT molecular complexity index is 376. The fourth-order valence-corrected chi connectivity index (χ4v) is 2.48. The fourth-order valence-electron chi connectivity index (χ4n) is 2.48. The third-order valence-corrected chi connectivity index (χ3v) is 3.34. The molecule has 1 aliphatic rings. The van der Waals surface area contributed by atoms with Gasteiger partial charge in [-0.3, -0.25) is 0 Å². The second kappa shape index (κ2) is 4.68. The molecule has 1 fully saturated rings. The van der Waals surface area contributed by atoms with Gasteiger partial charge < -0.3 is 9.63 Å². The molecule has 16 heavy (non-hydrogen) atoms. The molecule has 0 radical (unpaired) electrons. The second-order valence-electron chi connectivity index (χ2n) is 4.49. The fraction of sp³-hybridized carbons (Fsp3) is 0.667. The smallest absolute Gasteiger partial charge is 0.341 e.